The predicted molar refractivity (Wildman–Crippen MR) is 115 cm³/mol. The van der Waals surface area contributed by atoms with Crippen LogP contribution in [0.5, 0.6) is 5.75 Å². The minimum absolute atomic E-state index is 0.201. The third-order valence-electron chi connectivity index (χ3n) is 5.59. The molecule has 0 saturated carbocycles. The van der Waals surface area contributed by atoms with E-state index in [1.54, 1.807) is 17.7 Å². The maximum absolute atomic E-state index is 11.7. The minimum Gasteiger partial charge on any atom is -0.492 e. The first-order valence-electron chi connectivity index (χ1n) is 9.93. The van der Waals surface area contributed by atoms with Crippen LogP contribution in [0, 0.1) is 0 Å². The van der Waals surface area contributed by atoms with E-state index in [9.17, 15) is 8.42 Å². The average molecular weight is 446 g/mol. The summed E-state index contributed by atoms with van der Waals surface area (Å²) in [6.45, 7) is 5.78. The quantitative estimate of drug-likeness (QED) is 0.613. The maximum atomic E-state index is 11.7. The van der Waals surface area contributed by atoms with Crippen molar-refractivity contribution in [1.29, 1.82) is 0 Å². The van der Waals surface area contributed by atoms with Gasteiger partial charge < -0.3 is 4.74 Å². The number of hydrogen-bond donors (Lipinski definition) is 0. The van der Waals surface area contributed by atoms with Crippen molar-refractivity contribution in [3.8, 4) is 27.8 Å². The molecule has 30 heavy (non-hydrogen) atoms. The van der Waals surface area contributed by atoms with Gasteiger partial charge in [-0.15, -0.1) is 11.3 Å². The highest BCUT2D eigenvalue weighted by Gasteiger charge is 2.34. The Labute approximate surface area is 179 Å². The summed E-state index contributed by atoms with van der Waals surface area (Å²) in [6, 6.07) is 6.37. The number of fused-ring (bicyclic) bond motifs is 3. The van der Waals surface area contributed by atoms with Crippen molar-refractivity contribution in [3.63, 3.8) is 0 Å². The summed E-state index contributed by atoms with van der Waals surface area (Å²) in [5, 5.41) is 5.20. The van der Waals surface area contributed by atoms with Gasteiger partial charge in [-0.25, -0.2) is 27.4 Å². The number of hydrogen-bond acceptors (Lipinski definition) is 7. The van der Waals surface area contributed by atoms with Gasteiger partial charge in [-0.05, 0) is 31.5 Å². The van der Waals surface area contributed by atoms with Crippen LogP contribution in [0.25, 0.3) is 22.1 Å². The summed E-state index contributed by atoms with van der Waals surface area (Å²) in [7, 11) is -3.12. The van der Waals surface area contributed by atoms with E-state index in [4.69, 9.17) is 9.72 Å². The molecule has 8 nitrogen and oxygen atoms in total. The van der Waals surface area contributed by atoms with Gasteiger partial charge in [0.2, 0.25) is 10.0 Å². The van der Waals surface area contributed by atoms with Crippen LogP contribution in [-0.2, 0) is 16.4 Å². The SMILES string of the molecule is CC(C)n1ncnc1-c1nc2c(s1)CCOc1cc(C3CN(S(C)(=O)=O)C3)ccc1-2. The van der Waals surface area contributed by atoms with Crippen LogP contribution in [0.3, 0.4) is 0 Å². The summed E-state index contributed by atoms with van der Waals surface area (Å²) in [5.74, 6) is 1.80. The highest BCUT2D eigenvalue weighted by Crippen LogP contribution is 2.42. The zero-order chi connectivity index (χ0) is 21.0. The molecule has 0 bridgehead atoms. The maximum Gasteiger partial charge on any atom is 0.211 e. The highest BCUT2D eigenvalue weighted by molar-refractivity contribution is 7.88. The Morgan fingerprint density at radius 2 is 2.07 bits per heavy atom. The molecule has 0 atom stereocenters. The number of nitrogens with zero attached hydrogens (tertiary/aromatic N) is 5. The van der Waals surface area contributed by atoms with Crippen molar-refractivity contribution in [2.24, 2.45) is 0 Å². The highest BCUT2D eigenvalue weighted by atomic mass is 32.2. The fourth-order valence-corrected chi connectivity index (χ4v) is 5.84. The summed E-state index contributed by atoms with van der Waals surface area (Å²) in [4.78, 5) is 10.5. The van der Waals surface area contributed by atoms with E-state index in [1.165, 1.54) is 15.4 Å². The topological polar surface area (TPSA) is 90.2 Å². The van der Waals surface area contributed by atoms with Crippen molar-refractivity contribution < 1.29 is 13.2 Å². The lowest BCUT2D eigenvalue weighted by atomic mass is 9.92. The first-order chi connectivity index (χ1) is 14.3. The van der Waals surface area contributed by atoms with Crippen molar-refractivity contribution in [1.82, 2.24) is 24.1 Å². The molecular weight excluding hydrogens is 422 g/mol. The summed E-state index contributed by atoms with van der Waals surface area (Å²) >= 11 is 1.64. The molecule has 0 radical (unpaired) electrons. The molecule has 2 aliphatic rings. The largest absolute Gasteiger partial charge is 0.492 e. The lowest BCUT2D eigenvalue weighted by Gasteiger charge is -2.37. The number of aromatic nitrogens is 4. The molecule has 10 heteroatoms. The summed E-state index contributed by atoms with van der Waals surface area (Å²) < 4.78 is 32.7. The second-order valence-electron chi connectivity index (χ2n) is 8.04. The van der Waals surface area contributed by atoms with Crippen molar-refractivity contribution in [3.05, 3.63) is 35.0 Å². The third kappa shape index (κ3) is 3.32. The van der Waals surface area contributed by atoms with Crippen molar-refractivity contribution in [2.75, 3.05) is 26.0 Å². The van der Waals surface area contributed by atoms with Crippen LogP contribution < -0.4 is 4.74 Å². The molecule has 1 aromatic carbocycles. The van der Waals surface area contributed by atoms with Gasteiger partial charge in [-0.1, -0.05) is 6.07 Å². The van der Waals surface area contributed by atoms with E-state index < -0.39 is 10.0 Å². The molecule has 0 aliphatic carbocycles. The predicted octanol–water partition coefficient (Wildman–Crippen LogP) is 2.94. The first-order valence-corrected chi connectivity index (χ1v) is 12.6. The Bertz CT molecular complexity index is 1210. The van der Waals surface area contributed by atoms with Gasteiger partial charge in [-0.3, -0.25) is 0 Å². The normalized spacial score (nSPS) is 17.2. The molecule has 1 fully saturated rings. The van der Waals surface area contributed by atoms with Crippen molar-refractivity contribution in [2.45, 2.75) is 32.2 Å². The Balaban J connectivity index is 1.48. The van der Waals surface area contributed by atoms with Gasteiger partial charge in [0.1, 0.15) is 12.1 Å². The Morgan fingerprint density at radius 3 is 2.80 bits per heavy atom. The molecule has 3 aromatic rings. The zero-order valence-electron chi connectivity index (χ0n) is 17.1. The molecule has 158 valence electrons. The lowest BCUT2D eigenvalue weighted by Crippen LogP contribution is -2.47. The molecular formula is C20H23N5O3S2. The van der Waals surface area contributed by atoms with E-state index >= 15 is 0 Å². The molecule has 2 aliphatic heterocycles. The molecule has 0 amide bonds. The molecule has 4 heterocycles. The van der Waals surface area contributed by atoms with Crippen LogP contribution in [0.2, 0.25) is 0 Å². The van der Waals surface area contributed by atoms with Gasteiger partial charge in [-0.2, -0.15) is 5.10 Å². The standard InChI is InChI=1S/C20H23N5O3S2/c1-12(2)25-19(21-11-22-25)20-23-18-15-5-4-13(14-9-24(10-14)30(3,26)27)8-16(15)28-7-6-17(18)29-20/h4-5,8,11-12,14H,6-7,9-10H2,1-3H3. The fourth-order valence-electron chi connectivity index (χ4n) is 3.89. The number of ether oxygens (including phenoxy) is 1. The molecule has 5 rings (SSSR count). The first kappa shape index (κ1) is 19.7. The Morgan fingerprint density at radius 1 is 1.27 bits per heavy atom. The van der Waals surface area contributed by atoms with E-state index in [-0.39, 0.29) is 12.0 Å². The van der Waals surface area contributed by atoms with Crippen molar-refractivity contribution >= 4 is 21.4 Å². The lowest BCUT2D eigenvalue weighted by molar-refractivity contribution is 0.265. The molecule has 0 N–H and O–H groups in total. The van der Waals surface area contributed by atoms with Gasteiger partial charge in [0.15, 0.2) is 10.8 Å². The summed E-state index contributed by atoms with van der Waals surface area (Å²) in [6.07, 6.45) is 3.62. The molecule has 0 spiro atoms. The number of sulfonamides is 1. The van der Waals surface area contributed by atoms with Crippen LogP contribution in [-0.4, -0.2) is 58.4 Å². The fraction of sp³-hybridized carbons (Fsp3) is 0.450. The second-order valence-corrected chi connectivity index (χ2v) is 11.1. The third-order valence-corrected chi connectivity index (χ3v) is 7.93. The van der Waals surface area contributed by atoms with Crippen LogP contribution >= 0.6 is 11.3 Å². The van der Waals surface area contributed by atoms with Gasteiger partial charge in [0, 0.05) is 41.9 Å². The Kier molecular flexibility index (Phi) is 4.68. The van der Waals surface area contributed by atoms with Crippen LogP contribution in [0.1, 0.15) is 36.2 Å². The summed E-state index contributed by atoms with van der Waals surface area (Å²) in [5.41, 5.74) is 3.02. The second kappa shape index (κ2) is 7.14. The smallest absolute Gasteiger partial charge is 0.211 e. The number of benzene rings is 1. The molecule has 0 unspecified atom stereocenters. The monoisotopic (exact) mass is 445 g/mol. The average Bonchev–Trinajstić information content (AvgIpc) is 3.23. The van der Waals surface area contributed by atoms with Crippen LogP contribution in [0.4, 0.5) is 0 Å². The van der Waals surface area contributed by atoms with E-state index in [0.717, 1.165) is 39.8 Å². The zero-order valence-corrected chi connectivity index (χ0v) is 18.7. The molecule has 1 saturated heterocycles. The van der Waals surface area contributed by atoms with E-state index in [2.05, 4.69) is 36.1 Å². The molecule has 2 aromatic heterocycles. The van der Waals surface area contributed by atoms with Gasteiger partial charge in [0.25, 0.3) is 0 Å². The van der Waals surface area contributed by atoms with Gasteiger partial charge >= 0.3 is 0 Å². The number of rotatable bonds is 4. The van der Waals surface area contributed by atoms with E-state index in [1.807, 2.05) is 10.7 Å². The Hall–Kier alpha value is -2.30. The van der Waals surface area contributed by atoms with Gasteiger partial charge in [0.05, 0.1) is 18.6 Å². The van der Waals surface area contributed by atoms with Crippen LogP contribution in [0.15, 0.2) is 24.5 Å². The number of thiazole rings is 1. The minimum atomic E-state index is -3.12. The van der Waals surface area contributed by atoms with E-state index in [0.29, 0.717) is 19.7 Å².